The first-order valence-corrected chi connectivity index (χ1v) is 7.26. The summed E-state index contributed by atoms with van der Waals surface area (Å²) in [7, 11) is 0. The third-order valence-corrected chi connectivity index (χ3v) is 3.22. The van der Waals surface area contributed by atoms with Gasteiger partial charge in [0.2, 0.25) is 0 Å². The van der Waals surface area contributed by atoms with Gasteiger partial charge in [-0.1, -0.05) is 27.7 Å². The Morgan fingerprint density at radius 2 is 2.05 bits per heavy atom. The lowest BCUT2D eigenvalue weighted by Gasteiger charge is -2.17. The van der Waals surface area contributed by atoms with Crippen molar-refractivity contribution in [2.24, 2.45) is 0 Å². The van der Waals surface area contributed by atoms with Crippen molar-refractivity contribution in [2.45, 2.75) is 46.9 Å². The molecule has 0 atom stereocenters. The van der Waals surface area contributed by atoms with Crippen molar-refractivity contribution in [2.75, 3.05) is 26.2 Å². The molecule has 0 aliphatic rings. The van der Waals surface area contributed by atoms with E-state index in [1.54, 1.807) is 6.26 Å². The summed E-state index contributed by atoms with van der Waals surface area (Å²) in [5.74, 6) is 0.938. The molecule has 1 heterocycles. The van der Waals surface area contributed by atoms with Crippen molar-refractivity contribution in [3.8, 4) is 0 Å². The van der Waals surface area contributed by atoms with Crippen LogP contribution in [0.2, 0.25) is 0 Å². The van der Waals surface area contributed by atoms with Crippen molar-refractivity contribution in [1.82, 2.24) is 10.2 Å². The predicted octanol–water partition coefficient (Wildman–Crippen LogP) is 2.64. The van der Waals surface area contributed by atoms with Crippen molar-refractivity contribution in [3.05, 3.63) is 23.7 Å². The Morgan fingerprint density at radius 1 is 1.32 bits per heavy atom. The third kappa shape index (κ3) is 6.23. The first kappa shape index (κ1) is 16.2. The van der Waals surface area contributed by atoms with Gasteiger partial charge in [0.25, 0.3) is 0 Å². The average Bonchev–Trinajstić information content (AvgIpc) is 2.84. The van der Waals surface area contributed by atoms with Crippen LogP contribution in [0.4, 0.5) is 0 Å². The van der Waals surface area contributed by atoms with Crippen LogP contribution in [0.3, 0.4) is 0 Å². The van der Waals surface area contributed by atoms with Crippen LogP contribution >= 0.6 is 0 Å². The summed E-state index contributed by atoms with van der Waals surface area (Å²) in [5, 5.41) is 3.39. The lowest BCUT2D eigenvalue weighted by Crippen LogP contribution is -2.27. The lowest BCUT2D eigenvalue weighted by atomic mass is 10.2. The Kier molecular flexibility index (Phi) is 7.79. The van der Waals surface area contributed by atoms with Gasteiger partial charge in [0.05, 0.1) is 12.9 Å². The van der Waals surface area contributed by atoms with Crippen molar-refractivity contribution < 1.29 is 9.15 Å². The van der Waals surface area contributed by atoms with E-state index in [0.29, 0.717) is 12.6 Å². The Hall–Kier alpha value is -0.840. The molecule has 1 N–H and O–H groups in total. The quantitative estimate of drug-likeness (QED) is 0.662. The highest BCUT2D eigenvalue weighted by Crippen LogP contribution is 2.12. The second-order valence-corrected chi connectivity index (χ2v) is 4.98. The molecule has 1 rings (SSSR count). The third-order valence-electron chi connectivity index (χ3n) is 3.22. The van der Waals surface area contributed by atoms with E-state index in [1.165, 1.54) is 5.56 Å². The zero-order valence-corrected chi connectivity index (χ0v) is 12.7. The normalized spacial score (nSPS) is 11.7. The fraction of sp³-hybridized carbons (Fsp3) is 0.733. The molecule has 0 spiro atoms. The van der Waals surface area contributed by atoms with E-state index in [-0.39, 0.29) is 0 Å². The van der Waals surface area contributed by atoms with Crippen molar-refractivity contribution in [3.63, 3.8) is 0 Å². The number of nitrogens with zero attached hydrogens (tertiary/aromatic N) is 1. The number of ether oxygens (including phenoxy) is 1. The highest BCUT2D eigenvalue weighted by molar-refractivity contribution is 5.16. The van der Waals surface area contributed by atoms with E-state index >= 15 is 0 Å². The zero-order chi connectivity index (χ0) is 14.1. The van der Waals surface area contributed by atoms with Crippen LogP contribution in [0.15, 0.2) is 16.7 Å². The molecule has 0 unspecified atom stereocenters. The Morgan fingerprint density at radius 3 is 2.68 bits per heavy atom. The molecule has 0 fully saturated rings. The molecule has 110 valence electrons. The van der Waals surface area contributed by atoms with Gasteiger partial charge < -0.3 is 19.4 Å². The van der Waals surface area contributed by atoms with E-state index in [4.69, 9.17) is 9.15 Å². The molecule has 0 saturated heterocycles. The predicted molar refractivity (Wildman–Crippen MR) is 78.1 cm³/mol. The van der Waals surface area contributed by atoms with E-state index < -0.39 is 0 Å². The molecular formula is C15H28N2O2. The van der Waals surface area contributed by atoms with Crippen LogP contribution < -0.4 is 5.32 Å². The highest BCUT2D eigenvalue weighted by Gasteiger charge is 2.07. The number of rotatable bonds is 10. The van der Waals surface area contributed by atoms with Gasteiger partial charge >= 0.3 is 0 Å². The molecule has 0 aliphatic carbocycles. The largest absolute Gasteiger partial charge is 0.467 e. The summed E-state index contributed by atoms with van der Waals surface area (Å²) in [6.45, 7) is 13.9. The molecule has 0 bridgehead atoms. The summed E-state index contributed by atoms with van der Waals surface area (Å²) in [4.78, 5) is 2.35. The van der Waals surface area contributed by atoms with Gasteiger partial charge in [0.1, 0.15) is 12.4 Å². The molecule has 1 aromatic rings. The van der Waals surface area contributed by atoms with E-state index in [0.717, 1.165) is 38.5 Å². The molecular weight excluding hydrogens is 240 g/mol. The maximum Gasteiger partial charge on any atom is 0.133 e. The highest BCUT2D eigenvalue weighted by atomic mass is 16.5. The number of furan rings is 1. The molecule has 0 aromatic carbocycles. The van der Waals surface area contributed by atoms with E-state index in [2.05, 4.69) is 37.9 Å². The molecule has 0 aliphatic heterocycles. The minimum atomic E-state index is 0.478. The van der Waals surface area contributed by atoms with Crippen molar-refractivity contribution in [1.29, 1.82) is 0 Å². The molecule has 0 saturated carbocycles. The fourth-order valence-corrected chi connectivity index (χ4v) is 1.86. The van der Waals surface area contributed by atoms with E-state index in [9.17, 15) is 0 Å². The first-order chi connectivity index (χ1) is 9.17. The molecule has 4 heteroatoms. The van der Waals surface area contributed by atoms with Crippen LogP contribution in [-0.4, -0.2) is 37.2 Å². The monoisotopic (exact) mass is 268 g/mol. The Balaban J connectivity index is 2.27. The topological polar surface area (TPSA) is 37.6 Å². The van der Waals surface area contributed by atoms with Gasteiger partial charge in [0.15, 0.2) is 0 Å². The van der Waals surface area contributed by atoms with Gasteiger partial charge in [-0.3, -0.25) is 0 Å². The van der Waals surface area contributed by atoms with Crippen molar-refractivity contribution >= 4 is 0 Å². The summed E-state index contributed by atoms with van der Waals surface area (Å²) in [5.41, 5.74) is 1.19. The SMILES string of the molecule is CCN(CC)CCOCc1occc1CNC(C)C. The number of nitrogens with one attached hydrogen (secondary N) is 1. The van der Waals surface area contributed by atoms with Gasteiger partial charge in [-0.2, -0.15) is 0 Å². The molecule has 4 nitrogen and oxygen atoms in total. The number of hydrogen-bond donors (Lipinski definition) is 1. The fourth-order valence-electron chi connectivity index (χ4n) is 1.86. The summed E-state index contributed by atoms with van der Waals surface area (Å²) < 4.78 is 11.2. The summed E-state index contributed by atoms with van der Waals surface area (Å²) in [6.07, 6.45) is 1.74. The average molecular weight is 268 g/mol. The minimum Gasteiger partial charge on any atom is -0.467 e. The second kappa shape index (κ2) is 9.13. The van der Waals surface area contributed by atoms with Crippen LogP contribution in [-0.2, 0) is 17.9 Å². The summed E-state index contributed by atoms with van der Waals surface area (Å²) in [6, 6.07) is 2.49. The van der Waals surface area contributed by atoms with Gasteiger partial charge in [0, 0.05) is 24.7 Å². The summed E-state index contributed by atoms with van der Waals surface area (Å²) >= 11 is 0. The molecule has 0 amide bonds. The maximum atomic E-state index is 5.70. The molecule has 1 aromatic heterocycles. The zero-order valence-electron chi connectivity index (χ0n) is 12.7. The van der Waals surface area contributed by atoms with Gasteiger partial charge in [-0.25, -0.2) is 0 Å². The standard InChI is InChI=1S/C15H28N2O2/c1-5-17(6-2)8-10-18-12-15-14(7-9-19-15)11-16-13(3)4/h7,9,13,16H,5-6,8,10-12H2,1-4H3. The number of hydrogen-bond acceptors (Lipinski definition) is 4. The molecule has 0 radical (unpaired) electrons. The van der Waals surface area contributed by atoms with Crippen LogP contribution in [0.5, 0.6) is 0 Å². The second-order valence-electron chi connectivity index (χ2n) is 4.98. The van der Waals surface area contributed by atoms with E-state index in [1.807, 2.05) is 6.07 Å². The lowest BCUT2D eigenvalue weighted by molar-refractivity contribution is 0.0837. The van der Waals surface area contributed by atoms with Crippen LogP contribution in [0.25, 0.3) is 0 Å². The Bertz CT molecular complexity index is 333. The minimum absolute atomic E-state index is 0.478. The maximum absolute atomic E-state index is 5.70. The van der Waals surface area contributed by atoms with Crippen LogP contribution in [0, 0.1) is 0 Å². The molecule has 19 heavy (non-hydrogen) atoms. The Labute approximate surface area is 117 Å². The van der Waals surface area contributed by atoms with Crippen LogP contribution in [0.1, 0.15) is 39.0 Å². The first-order valence-electron chi connectivity index (χ1n) is 7.26. The smallest absolute Gasteiger partial charge is 0.133 e. The van der Waals surface area contributed by atoms with Gasteiger partial charge in [-0.15, -0.1) is 0 Å². The number of likely N-dealkylation sites (N-methyl/N-ethyl adjacent to an activating group) is 1. The van der Waals surface area contributed by atoms with Gasteiger partial charge in [-0.05, 0) is 19.2 Å².